The van der Waals surface area contributed by atoms with Crippen LogP contribution < -0.4 is 20.7 Å². The van der Waals surface area contributed by atoms with Crippen molar-refractivity contribution in [2.75, 3.05) is 25.6 Å². The van der Waals surface area contributed by atoms with Crippen molar-refractivity contribution in [1.82, 2.24) is 15.6 Å². The Morgan fingerprint density at radius 2 is 1.78 bits per heavy atom. The summed E-state index contributed by atoms with van der Waals surface area (Å²) in [5, 5.41) is 10.2. The maximum atomic E-state index is 14.2. The van der Waals surface area contributed by atoms with Crippen LogP contribution in [0.2, 0.25) is 0 Å². The van der Waals surface area contributed by atoms with Crippen molar-refractivity contribution in [3.05, 3.63) is 87.6 Å². The normalized spacial score (nSPS) is 11.9. The predicted molar refractivity (Wildman–Crippen MR) is 189 cm³/mol. The number of amides is 3. The Balaban J connectivity index is 1.56. The molecule has 4 aromatic rings. The lowest BCUT2D eigenvalue weighted by Gasteiger charge is -2.20. The molecule has 0 atom stereocenters. The van der Waals surface area contributed by atoms with Gasteiger partial charge in [0.05, 0.1) is 19.4 Å². The van der Waals surface area contributed by atoms with Crippen molar-refractivity contribution in [3.8, 4) is 27.3 Å². The second-order valence-corrected chi connectivity index (χ2v) is 13.4. The summed E-state index contributed by atoms with van der Waals surface area (Å²) in [6, 6.07) is 13.2. The van der Waals surface area contributed by atoms with Crippen LogP contribution in [0.25, 0.3) is 21.6 Å². The lowest BCUT2D eigenvalue weighted by molar-refractivity contribution is 0.0521. The molecule has 0 radical (unpaired) electrons. The summed E-state index contributed by atoms with van der Waals surface area (Å²) in [6.07, 6.45) is 1.38. The van der Waals surface area contributed by atoms with E-state index in [1.807, 2.05) is 18.4 Å². The number of pyridine rings is 1. The van der Waals surface area contributed by atoms with Crippen molar-refractivity contribution in [3.63, 3.8) is 0 Å². The minimum atomic E-state index is -0.799. The Morgan fingerprint density at radius 1 is 0.980 bits per heavy atom. The number of hydrogen-bond donors (Lipinski definition) is 3. The molecule has 0 saturated carbocycles. The highest BCUT2D eigenvalue weighted by Crippen LogP contribution is 2.43. The van der Waals surface area contributed by atoms with E-state index in [-0.39, 0.29) is 40.3 Å². The van der Waals surface area contributed by atoms with Gasteiger partial charge in [-0.05, 0) is 86.2 Å². The number of carbonyl (C=O) groups is 5. The second-order valence-electron chi connectivity index (χ2n) is 12.5. The summed E-state index contributed by atoms with van der Waals surface area (Å²) in [7, 11) is 1.21. The van der Waals surface area contributed by atoms with E-state index in [1.54, 1.807) is 57.2 Å². The van der Waals surface area contributed by atoms with Gasteiger partial charge in [-0.15, -0.1) is 11.3 Å². The molecule has 0 spiro atoms. The molecule has 0 unspecified atom stereocenters. The van der Waals surface area contributed by atoms with E-state index in [0.717, 1.165) is 10.4 Å². The molecule has 3 amide bonds. The van der Waals surface area contributed by atoms with Crippen molar-refractivity contribution in [2.24, 2.45) is 0 Å². The molecule has 0 aliphatic carbocycles. The summed E-state index contributed by atoms with van der Waals surface area (Å²) in [4.78, 5) is 69.7. The maximum absolute atomic E-state index is 14.2. The average Bonchev–Trinajstić information content (AvgIpc) is 3.49. The van der Waals surface area contributed by atoms with Crippen LogP contribution in [0.15, 0.2) is 53.9 Å². The number of rotatable bonds is 10. The maximum Gasteiger partial charge on any atom is 0.407 e. The van der Waals surface area contributed by atoms with Gasteiger partial charge in [0.25, 0.3) is 11.8 Å². The average molecular weight is 699 g/mol. The topological polar surface area (TPSA) is 162 Å². The number of hydrogen-bond acceptors (Lipinski definition) is 10. The van der Waals surface area contributed by atoms with E-state index in [1.165, 1.54) is 24.5 Å². The number of nitrogens with one attached hydrogen (secondary N) is 3. The van der Waals surface area contributed by atoms with Gasteiger partial charge >= 0.3 is 12.1 Å². The standard InChI is InChI=1S/C37H38N4O8S/c1-6-13-38-34(44)29-10-8-24(31(40-29)35(45)47-5)25-18-30-27(32-22(11-14-48-30)12-15-50-32)17-26(25)33(43)41-28-9-7-21(16-23(28)20-42)19-39-36(46)49-37(2,3)4/h7-10,12,15-18,20H,6,11,13-14,19H2,1-5H3,(H,38,44)(H,39,46)(H,41,43). The molecule has 13 heteroatoms. The van der Waals surface area contributed by atoms with Gasteiger partial charge in [-0.1, -0.05) is 13.0 Å². The molecule has 0 saturated heterocycles. The lowest BCUT2D eigenvalue weighted by atomic mass is 9.93. The number of thiophene rings is 1. The number of carbonyl (C=O) groups excluding carboxylic acids is 5. The second kappa shape index (κ2) is 15.3. The fourth-order valence-electron chi connectivity index (χ4n) is 5.32. The third-order valence-electron chi connectivity index (χ3n) is 7.64. The number of benzene rings is 2. The molecule has 1 aliphatic heterocycles. The highest BCUT2D eigenvalue weighted by molar-refractivity contribution is 7.13. The van der Waals surface area contributed by atoms with Gasteiger partial charge < -0.3 is 30.2 Å². The zero-order chi connectivity index (χ0) is 36.0. The zero-order valence-electron chi connectivity index (χ0n) is 28.4. The largest absolute Gasteiger partial charge is 0.493 e. The third-order valence-corrected chi connectivity index (χ3v) is 8.63. The van der Waals surface area contributed by atoms with E-state index < -0.39 is 29.5 Å². The van der Waals surface area contributed by atoms with E-state index in [2.05, 4.69) is 20.9 Å². The van der Waals surface area contributed by atoms with Gasteiger partial charge in [0.15, 0.2) is 12.0 Å². The Kier molecular flexibility index (Phi) is 11.0. The first kappa shape index (κ1) is 35.7. The van der Waals surface area contributed by atoms with Crippen LogP contribution in [0, 0.1) is 0 Å². The number of nitrogens with zero attached hydrogens (tertiary/aromatic N) is 1. The number of alkyl carbamates (subject to hydrolysis) is 1. The third kappa shape index (κ3) is 8.17. The van der Waals surface area contributed by atoms with Crippen LogP contribution in [0.4, 0.5) is 10.5 Å². The summed E-state index contributed by atoms with van der Waals surface area (Å²) in [5.74, 6) is -1.32. The van der Waals surface area contributed by atoms with Crippen LogP contribution in [0.3, 0.4) is 0 Å². The van der Waals surface area contributed by atoms with Gasteiger partial charge in [-0.3, -0.25) is 14.4 Å². The Bertz CT molecular complexity index is 1960. The van der Waals surface area contributed by atoms with E-state index >= 15 is 0 Å². The van der Waals surface area contributed by atoms with E-state index in [4.69, 9.17) is 14.2 Å². The van der Waals surface area contributed by atoms with Crippen LogP contribution in [0.1, 0.15) is 86.9 Å². The molecule has 5 rings (SSSR count). The fourth-order valence-corrected chi connectivity index (χ4v) is 6.30. The quantitative estimate of drug-likeness (QED) is 0.125. The lowest BCUT2D eigenvalue weighted by Crippen LogP contribution is -2.32. The van der Waals surface area contributed by atoms with Crippen LogP contribution >= 0.6 is 11.3 Å². The van der Waals surface area contributed by atoms with Gasteiger partial charge in [0.2, 0.25) is 0 Å². The van der Waals surface area contributed by atoms with Crippen molar-refractivity contribution < 1.29 is 38.2 Å². The van der Waals surface area contributed by atoms with Gasteiger partial charge in [-0.2, -0.15) is 0 Å². The molecule has 3 N–H and O–H groups in total. The zero-order valence-corrected chi connectivity index (χ0v) is 29.2. The van der Waals surface area contributed by atoms with Crippen molar-refractivity contribution >= 4 is 47.2 Å². The molecule has 0 fully saturated rings. The fraction of sp³-hybridized carbons (Fsp3) is 0.297. The molecule has 0 bridgehead atoms. The van der Waals surface area contributed by atoms with Crippen molar-refractivity contribution in [2.45, 2.75) is 52.7 Å². The van der Waals surface area contributed by atoms with E-state index in [9.17, 15) is 24.0 Å². The van der Waals surface area contributed by atoms with Crippen molar-refractivity contribution in [1.29, 1.82) is 0 Å². The molecule has 260 valence electrons. The summed E-state index contributed by atoms with van der Waals surface area (Å²) >= 11 is 1.52. The molecule has 2 aromatic heterocycles. The number of aldehydes is 1. The molecular weight excluding hydrogens is 660 g/mol. The first-order valence-corrected chi connectivity index (χ1v) is 16.9. The first-order chi connectivity index (χ1) is 23.9. The number of aromatic nitrogens is 1. The SMILES string of the molecule is CCCNC(=O)c1ccc(-c2cc3c(cc2C(=O)Nc2ccc(CNC(=O)OC(C)(C)C)cc2C=O)-c2sccc2CCO3)c(C(=O)OC)n1. The Morgan fingerprint density at radius 3 is 2.50 bits per heavy atom. The highest BCUT2D eigenvalue weighted by atomic mass is 32.1. The Hall–Kier alpha value is -5.56. The van der Waals surface area contributed by atoms with Crippen LogP contribution in [0.5, 0.6) is 5.75 Å². The summed E-state index contributed by atoms with van der Waals surface area (Å²) in [6.45, 7) is 8.11. The van der Waals surface area contributed by atoms with Crippen LogP contribution in [-0.2, 0) is 22.4 Å². The molecule has 50 heavy (non-hydrogen) atoms. The highest BCUT2D eigenvalue weighted by Gasteiger charge is 2.27. The molecule has 2 aromatic carbocycles. The number of esters is 1. The number of ether oxygens (including phenoxy) is 3. The number of anilines is 1. The smallest absolute Gasteiger partial charge is 0.407 e. The van der Waals surface area contributed by atoms with Crippen LogP contribution in [-0.4, -0.2) is 61.0 Å². The molecule has 12 nitrogen and oxygen atoms in total. The Labute approximate surface area is 293 Å². The molecular formula is C37H38N4O8S. The number of fused-ring (bicyclic) bond motifs is 3. The number of methoxy groups -OCH3 is 1. The molecule has 3 heterocycles. The predicted octanol–water partition coefficient (Wildman–Crippen LogP) is 6.43. The summed E-state index contributed by atoms with van der Waals surface area (Å²) in [5.41, 5.74) is 2.70. The minimum absolute atomic E-state index is 0.0136. The van der Waals surface area contributed by atoms with E-state index in [0.29, 0.717) is 54.7 Å². The van der Waals surface area contributed by atoms with Gasteiger partial charge in [0.1, 0.15) is 17.0 Å². The molecule has 1 aliphatic rings. The minimum Gasteiger partial charge on any atom is -0.493 e. The van der Waals surface area contributed by atoms with Gasteiger partial charge in [-0.25, -0.2) is 14.6 Å². The first-order valence-electron chi connectivity index (χ1n) is 16.0. The summed E-state index contributed by atoms with van der Waals surface area (Å²) < 4.78 is 16.5. The van der Waals surface area contributed by atoms with Gasteiger partial charge in [0, 0.05) is 52.2 Å². The monoisotopic (exact) mass is 698 g/mol.